The second kappa shape index (κ2) is 7.23. The fourth-order valence-electron chi connectivity index (χ4n) is 3.49. The van der Waals surface area contributed by atoms with Crippen LogP contribution in [0.2, 0.25) is 0 Å². The van der Waals surface area contributed by atoms with Crippen molar-refractivity contribution < 1.29 is 9.53 Å². The lowest BCUT2D eigenvalue weighted by atomic mass is 10.0. The molecule has 7 heteroatoms. The molecule has 0 N–H and O–H groups in total. The summed E-state index contributed by atoms with van der Waals surface area (Å²) in [5, 5.41) is 4.12. The number of carbonyl (C=O) groups excluding carboxylic acids is 1. The molecule has 0 radical (unpaired) electrons. The SMILES string of the molecule is O=C([C@H]1CCc2ccccc2O1)N1CCN(CCn2cncn2)CC1. The average molecular weight is 341 g/mol. The molecule has 2 aliphatic heterocycles. The molecule has 1 fully saturated rings. The number of benzene rings is 1. The Morgan fingerprint density at radius 1 is 1.16 bits per heavy atom. The topological polar surface area (TPSA) is 63.5 Å². The smallest absolute Gasteiger partial charge is 0.263 e. The lowest BCUT2D eigenvalue weighted by Crippen LogP contribution is -2.53. The van der Waals surface area contributed by atoms with Crippen LogP contribution in [0.4, 0.5) is 0 Å². The number of rotatable bonds is 4. The maximum atomic E-state index is 12.8. The van der Waals surface area contributed by atoms with Crippen LogP contribution in [0.5, 0.6) is 5.75 Å². The molecule has 132 valence electrons. The molecule has 25 heavy (non-hydrogen) atoms. The van der Waals surface area contributed by atoms with E-state index in [1.807, 2.05) is 27.8 Å². The Hall–Kier alpha value is -2.41. The van der Waals surface area contributed by atoms with Crippen LogP contribution < -0.4 is 4.74 Å². The van der Waals surface area contributed by atoms with Crippen LogP contribution >= 0.6 is 0 Å². The van der Waals surface area contributed by atoms with Gasteiger partial charge in [0.15, 0.2) is 6.10 Å². The molecule has 0 saturated carbocycles. The Morgan fingerprint density at radius 2 is 2.00 bits per heavy atom. The summed E-state index contributed by atoms with van der Waals surface area (Å²) in [6, 6.07) is 8.00. The van der Waals surface area contributed by atoms with Crippen LogP contribution in [0.3, 0.4) is 0 Å². The van der Waals surface area contributed by atoms with E-state index in [-0.39, 0.29) is 12.0 Å². The Bertz CT molecular complexity index is 710. The third-order valence-corrected chi connectivity index (χ3v) is 4.99. The molecule has 0 spiro atoms. The van der Waals surface area contributed by atoms with Gasteiger partial charge in [-0.05, 0) is 24.5 Å². The molecule has 2 aliphatic rings. The first-order chi connectivity index (χ1) is 12.3. The van der Waals surface area contributed by atoms with E-state index in [2.05, 4.69) is 21.0 Å². The number of aryl methyl sites for hydroxylation is 1. The number of hydrogen-bond donors (Lipinski definition) is 0. The van der Waals surface area contributed by atoms with E-state index >= 15 is 0 Å². The summed E-state index contributed by atoms with van der Waals surface area (Å²) in [6.45, 7) is 5.07. The first-order valence-electron chi connectivity index (χ1n) is 8.88. The molecule has 7 nitrogen and oxygen atoms in total. The highest BCUT2D eigenvalue weighted by Crippen LogP contribution is 2.27. The minimum Gasteiger partial charge on any atom is -0.480 e. The van der Waals surface area contributed by atoms with E-state index in [1.54, 1.807) is 12.7 Å². The molecule has 4 rings (SSSR count). The predicted octanol–water partition coefficient (Wildman–Crippen LogP) is 0.816. The zero-order chi connectivity index (χ0) is 17.1. The second-order valence-corrected chi connectivity index (χ2v) is 6.58. The van der Waals surface area contributed by atoms with Gasteiger partial charge in [-0.15, -0.1) is 0 Å². The lowest BCUT2D eigenvalue weighted by molar-refractivity contribution is -0.141. The molecule has 1 saturated heterocycles. The quantitative estimate of drug-likeness (QED) is 0.824. The van der Waals surface area contributed by atoms with Gasteiger partial charge in [-0.25, -0.2) is 4.98 Å². The van der Waals surface area contributed by atoms with Gasteiger partial charge in [0.2, 0.25) is 0 Å². The van der Waals surface area contributed by atoms with Gasteiger partial charge in [0.1, 0.15) is 18.4 Å². The molecule has 1 amide bonds. The van der Waals surface area contributed by atoms with Crippen molar-refractivity contribution in [2.45, 2.75) is 25.5 Å². The average Bonchev–Trinajstić information content (AvgIpc) is 3.19. The van der Waals surface area contributed by atoms with Gasteiger partial charge in [0.25, 0.3) is 5.91 Å². The number of nitrogens with zero attached hydrogens (tertiary/aromatic N) is 5. The fraction of sp³-hybridized carbons (Fsp3) is 0.500. The zero-order valence-electron chi connectivity index (χ0n) is 14.3. The van der Waals surface area contributed by atoms with Crippen molar-refractivity contribution >= 4 is 5.91 Å². The first-order valence-corrected chi connectivity index (χ1v) is 8.88. The number of para-hydroxylation sites is 1. The maximum Gasteiger partial charge on any atom is 0.263 e. The number of ether oxygens (including phenoxy) is 1. The van der Waals surface area contributed by atoms with Crippen molar-refractivity contribution in [3.8, 4) is 5.75 Å². The van der Waals surface area contributed by atoms with Crippen LogP contribution in [0, 0.1) is 0 Å². The molecule has 1 atom stereocenters. The van der Waals surface area contributed by atoms with Crippen molar-refractivity contribution in [2.75, 3.05) is 32.7 Å². The third kappa shape index (κ3) is 3.66. The number of fused-ring (bicyclic) bond motifs is 1. The van der Waals surface area contributed by atoms with Crippen LogP contribution in [-0.2, 0) is 17.8 Å². The zero-order valence-corrected chi connectivity index (χ0v) is 14.3. The van der Waals surface area contributed by atoms with E-state index in [4.69, 9.17) is 4.74 Å². The van der Waals surface area contributed by atoms with Gasteiger partial charge < -0.3 is 9.64 Å². The monoisotopic (exact) mass is 341 g/mol. The van der Waals surface area contributed by atoms with Gasteiger partial charge >= 0.3 is 0 Å². The minimum atomic E-state index is -0.336. The number of amides is 1. The highest BCUT2D eigenvalue weighted by molar-refractivity contribution is 5.81. The molecule has 0 aliphatic carbocycles. The Kier molecular flexibility index (Phi) is 4.65. The van der Waals surface area contributed by atoms with Crippen molar-refractivity contribution in [1.82, 2.24) is 24.6 Å². The third-order valence-electron chi connectivity index (χ3n) is 4.99. The summed E-state index contributed by atoms with van der Waals surface area (Å²) in [4.78, 5) is 21.0. The number of hydrogen-bond acceptors (Lipinski definition) is 5. The molecule has 1 aromatic heterocycles. The van der Waals surface area contributed by atoms with Crippen LogP contribution in [0.1, 0.15) is 12.0 Å². The van der Waals surface area contributed by atoms with E-state index in [9.17, 15) is 4.79 Å². The molecule has 1 aromatic carbocycles. The Morgan fingerprint density at radius 3 is 2.80 bits per heavy atom. The van der Waals surface area contributed by atoms with Gasteiger partial charge in [0.05, 0.1) is 6.54 Å². The van der Waals surface area contributed by atoms with Gasteiger partial charge in [-0.2, -0.15) is 5.10 Å². The van der Waals surface area contributed by atoms with Crippen LogP contribution in [0.15, 0.2) is 36.9 Å². The standard InChI is InChI=1S/C18H23N5O2/c24-18(17-6-5-15-3-1-2-4-16(15)25-17)22-10-7-21(8-11-22)9-12-23-14-19-13-20-23/h1-4,13-14,17H,5-12H2/t17-/m1/s1. The van der Waals surface area contributed by atoms with Crippen molar-refractivity contribution in [2.24, 2.45) is 0 Å². The van der Waals surface area contributed by atoms with Crippen LogP contribution in [0.25, 0.3) is 0 Å². The molecule has 2 aromatic rings. The number of piperazine rings is 1. The van der Waals surface area contributed by atoms with E-state index in [1.165, 1.54) is 5.56 Å². The normalized spacial score (nSPS) is 20.8. The predicted molar refractivity (Wildman–Crippen MR) is 92.2 cm³/mol. The van der Waals surface area contributed by atoms with E-state index in [0.29, 0.717) is 0 Å². The van der Waals surface area contributed by atoms with Gasteiger partial charge in [-0.1, -0.05) is 18.2 Å². The second-order valence-electron chi connectivity index (χ2n) is 6.58. The number of aromatic nitrogens is 3. The Balaban J connectivity index is 1.27. The first kappa shape index (κ1) is 16.1. The highest BCUT2D eigenvalue weighted by Gasteiger charge is 2.31. The maximum absolute atomic E-state index is 12.8. The molecule has 3 heterocycles. The van der Waals surface area contributed by atoms with Gasteiger partial charge in [-0.3, -0.25) is 14.4 Å². The highest BCUT2D eigenvalue weighted by atomic mass is 16.5. The summed E-state index contributed by atoms with van der Waals surface area (Å²) >= 11 is 0. The van der Waals surface area contributed by atoms with Crippen molar-refractivity contribution in [1.29, 1.82) is 0 Å². The summed E-state index contributed by atoms with van der Waals surface area (Å²) in [5.74, 6) is 0.990. The molecule has 0 bridgehead atoms. The summed E-state index contributed by atoms with van der Waals surface area (Å²) in [5.41, 5.74) is 1.20. The van der Waals surface area contributed by atoms with Crippen molar-refractivity contribution in [3.05, 3.63) is 42.5 Å². The van der Waals surface area contributed by atoms with Crippen molar-refractivity contribution in [3.63, 3.8) is 0 Å². The Labute approximate surface area is 147 Å². The molecular weight excluding hydrogens is 318 g/mol. The number of carbonyl (C=O) groups is 1. The van der Waals surface area contributed by atoms with E-state index in [0.717, 1.165) is 57.9 Å². The van der Waals surface area contributed by atoms with Crippen LogP contribution in [-0.4, -0.2) is 69.3 Å². The minimum absolute atomic E-state index is 0.130. The summed E-state index contributed by atoms with van der Waals surface area (Å²) < 4.78 is 7.79. The van der Waals surface area contributed by atoms with E-state index < -0.39 is 0 Å². The lowest BCUT2D eigenvalue weighted by Gasteiger charge is -2.37. The summed E-state index contributed by atoms with van der Waals surface area (Å²) in [6.07, 6.45) is 4.63. The molecule has 0 unspecified atom stereocenters. The molecular formula is C18H23N5O2. The summed E-state index contributed by atoms with van der Waals surface area (Å²) in [7, 11) is 0. The largest absolute Gasteiger partial charge is 0.480 e. The van der Waals surface area contributed by atoms with Gasteiger partial charge in [0, 0.05) is 32.7 Å². The fourth-order valence-corrected chi connectivity index (χ4v) is 3.49.